The first kappa shape index (κ1) is 31.4. The van der Waals surface area contributed by atoms with Gasteiger partial charge >= 0.3 is 0 Å². The molecule has 0 bridgehead atoms. The number of allylic oxidation sites excluding steroid dienone is 8. The summed E-state index contributed by atoms with van der Waals surface area (Å²) in [5.41, 5.74) is 0. The van der Waals surface area contributed by atoms with E-state index >= 15 is 0 Å². The lowest BCUT2D eigenvalue weighted by molar-refractivity contribution is -0.123. The van der Waals surface area contributed by atoms with Crippen LogP contribution in [-0.2, 0) is 4.79 Å². The molecule has 0 radical (unpaired) electrons. The first-order chi connectivity index (χ1) is 16.2. The summed E-state index contributed by atoms with van der Waals surface area (Å²) in [6.07, 6.45) is 31.8. The standard InChI is InChI=1S/C29H51NO3/c1-3-5-7-9-10-11-12-13-14-15-16-17-18-19-20-21-23-25-29(33)30-27(26-31)28(32)24-22-8-6-4-2/h5,7,10-11,13-14,16-17,27-28,31-32H,3-4,6,8-9,12,15,18-26H2,1-2H3,(H,30,33)/b7-5-,11-10-,14-13-,17-16-. The van der Waals surface area contributed by atoms with E-state index in [4.69, 9.17) is 0 Å². The van der Waals surface area contributed by atoms with Gasteiger partial charge < -0.3 is 15.5 Å². The minimum Gasteiger partial charge on any atom is -0.394 e. The molecule has 190 valence electrons. The van der Waals surface area contributed by atoms with Crippen molar-refractivity contribution < 1.29 is 15.0 Å². The molecule has 0 rings (SSSR count). The Morgan fingerprint density at radius 2 is 1.33 bits per heavy atom. The van der Waals surface area contributed by atoms with Crippen molar-refractivity contribution in [1.82, 2.24) is 5.32 Å². The highest BCUT2D eigenvalue weighted by molar-refractivity contribution is 5.76. The molecule has 0 aromatic heterocycles. The predicted molar refractivity (Wildman–Crippen MR) is 142 cm³/mol. The monoisotopic (exact) mass is 461 g/mol. The summed E-state index contributed by atoms with van der Waals surface area (Å²) in [4.78, 5) is 12.1. The molecule has 0 heterocycles. The lowest BCUT2D eigenvalue weighted by Gasteiger charge is -2.22. The highest BCUT2D eigenvalue weighted by atomic mass is 16.3. The molecule has 0 aromatic rings. The van der Waals surface area contributed by atoms with E-state index in [0.29, 0.717) is 12.8 Å². The molecule has 0 aliphatic rings. The first-order valence-electron chi connectivity index (χ1n) is 13.3. The Bertz CT molecular complexity index is 551. The fraction of sp³-hybridized carbons (Fsp3) is 0.690. The zero-order valence-corrected chi connectivity index (χ0v) is 21.4. The van der Waals surface area contributed by atoms with Crippen LogP contribution in [0.4, 0.5) is 0 Å². The number of aliphatic hydroxyl groups is 2. The molecule has 4 nitrogen and oxygen atoms in total. The average Bonchev–Trinajstić information content (AvgIpc) is 2.82. The van der Waals surface area contributed by atoms with Crippen molar-refractivity contribution in [3.63, 3.8) is 0 Å². The molecule has 4 heteroatoms. The van der Waals surface area contributed by atoms with Crippen LogP contribution in [-0.4, -0.2) is 34.9 Å². The number of carbonyl (C=O) groups excluding carboxylic acids is 1. The van der Waals surface area contributed by atoms with Gasteiger partial charge in [-0.3, -0.25) is 4.79 Å². The first-order valence-corrected chi connectivity index (χ1v) is 13.3. The summed E-state index contributed by atoms with van der Waals surface area (Å²) < 4.78 is 0. The molecule has 0 spiro atoms. The molecule has 0 saturated heterocycles. The number of nitrogens with one attached hydrogen (secondary N) is 1. The Kier molecular flexibility index (Phi) is 23.7. The van der Waals surface area contributed by atoms with E-state index < -0.39 is 12.1 Å². The molecule has 0 aromatic carbocycles. The van der Waals surface area contributed by atoms with Crippen molar-refractivity contribution in [2.24, 2.45) is 0 Å². The molecular formula is C29H51NO3. The van der Waals surface area contributed by atoms with Crippen molar-refractivity contribution >= 4 is 5.91 Å². The van der Waals surface area contributed by atoms with Gasteiger partial charge in [0.15, 0.2) is 0 Å². The average molecular weight is 462 g/mol. The van der Waals surface area contributed by atoms with E-state index in [9.17, 15) is 15.0 Å². The predicted octanol–water partition coefficient (Wildman–Crippen LogP) is 6.94. The van der Waals surface area contributed by atoms with Gasteiger partial charge in [0.25, 0.3) is 0 Å². The van der Waals surface area contributed by atoms with E-state index in [1.807, 2.05) is 0 Å². The molecule has 2 unspecified atom stereocenters. The van der Waals surface area contributed by atoms with E-state index in [0.717, 1.165) is 83.5 Å². The lowest BCUT2D eigenvalue weighted by Crippen LogP contribution is -2.45. The molecule has 2 atom stereocenters. The largest absolute Gasteiger partial charge is 0.394 e. The van der Waals surface area contributed by atoms with E-state index in [1.165, 1.54) is 0 Å². The van der Waals surface area contributed by atoms with Gasteiger partial charge in [0.1, 0.15) is 0 Å². The molecule has 0 fully saturated rings. The van der Waals surface area contributed by atoms with E-state index in [2.05, 4.69) is 67.8 Å². The Labute approximate surface area is 203 Å². The van der Waals surface area contributed by atoms with Gasteiger partial charge in [0.2, 0.25) is 5.91 Å². The van der Waals surface area contributed by atoms with Crippen LogP contribution < -0.4 is 5.32 Å². The summed E-state index contributed by atoms with van der Waals surface area (Å²) >= 11 is 0. The summed E-state index contributed by atoms with van der Waals surface area (Å²) in [6, 6.07) is -0.544. The second-order valence-electron chi connectivity index (χ2n) is 8.73. The highest BCUT2D eigenvalue weighted by Crippen LogP contribution is 2.10. The second-order valence-corrected chi connectivity index (χ2v) is 8.73. The molecular weight excluding hydrogens is 410 g/mol. The third-order valence-electron chi connectivity index (χ3n) is 5.60. The number of hydrogen-bond acceptors (Lipinski definition) is 3. The number of rotatable bonds is 22. The fourth-order valence-electron chi connectivity index (χ4n) is 3.52. The molecule has 0 saturated carbocycles. The number of carbonyl (C=O) groups is 1. The third-order valence-corrected chi connectivity index (χ3v) is 5.60. The van der Waals surface area contributed by atoms with Gasteiger partial charge in [0, 0.05) is 6.42 Å². The summed E-state index contributed by atoms with van der Waals surface area (Å²) in [6.45, 7) is 4.09. The molecule has 3 N–H and O–H groups in total. The van der Waals surface area contributed by atoms with Crippen LogP contribution in [0.25, 0.3) is 0 Å². The number of amides is 1. The Morgan fingerprint density at radius 3 is 1.94 bits per heavy atom. The van der Waals surface area contributed by atoms with Crippen LogP contribution in [0.15, 0.2) is 48.6 Å². The highest BCUT2D eigenvalue weighted by Gasteiger charge is 2.19. The third kappa shape index (κ3) is 21.9. The van der Waals surface area contributed by atoms with Gasteiger partial charge in [0.05, 0.1) is 18.8 Å². The second kappa shape index (κ2) is 25.0. The topological polar surface area (TPSA) is 69.6 Å². The normalized spacial score (nSPS) is 14.2. The van der Waals surface area contributed by atoms with Gasteiger partial charge in [-0.2, -0.15) is 0 Å². The summed E-state index contributed by atoms with van der Waals surface area (Å²) in [5.74, 6) is -0.0689. The van der Waals surface area contributed by atoms with E-state index in [-0.39, 0.29) is 12.5 Å². The lowest BCUT2D eigenvalue weighted by atomic mass is 10.0. The van der Waals surface area contributed by atoms with Gasteiger partial charge in [-0.1, -0.05) is 101 Å². The van der Waals surface area contributed by atoms with Crippen molar-refractivity contribution in [2.45, 2.75) is 122 Å². The summed E-state index contributed by atoms with van der Waals surface area (Å²) in [5, 5.41) is 22.5. The maximum atomic E-state index is 12.1. The maximum absolute atomic E-state index is 12.1. The van der Waals surface area contributed by atoms with Crippen LogP contribution in [0.1, 0.15) is 110 Å². The number of unbranched alkanes of at least 4 members (excludes halogenated alkanes) is 7. The van der Waals surface area contributed by atoms with Gasteiger partial charge in [-0.15, -0.1) is 0 Å². The molecule has 0 aliphatic carbocycles. The van der Waals surface area contributed by atoms with E-state index in [1.54, 1.807) is 0 Å². The molecule has 0 aliphatic heterocycles. The van der Waals surface area contributed by atoms with Crippen LogP contribution in [0.5, 0.6) is 0 Å². The van der Waals surface area contributed by atoms with Crippen molar-refractivity contribution in [1.29, 1.82) is 0 Å². The number of aliphatic hydroxyl groups excluding tert-OH is 2. The van der Waals surface area contributed by atoms with Crippen LogP contribution in [0.2, 0.25) is 0 Å². The quantitative estimate of drug-likeness (QED) is 0.121. The van der Waals surface area contributed by atoms with Crippen LogP contribution in [0.3, 0.4) is 0 Å². The van der Waals surface area contributed by atoms with Gasteiger partial charge in [-0.25, -0.2) is 0 Å². The molecule has 33 heavy (non-hydrogen) atoms. The number of hydrogen-bond donors (Lipinski definition) is 3. The van der Waals surface area contributed by atoms with Gasteiger partial charge in [-0.05, 0) is 51.4 Å². The van der Waals surface area contributed by atoms with Crippen molar-refractivity contribution in [3.8, 4) is 0 Å². The smallest absolute Gasteiger partial charge is 0.220 e. The van der Waals surface area contributed by atoms with Crippen molar-refractivity contribution in [3.05, 3.63) is 48.6 Å². The summed E-state index contributed by atoms with van der Waals surface area (Å²) in [7, 11) is 0. The zero-order valence-electron chi connectivity index (χ0n) is 21.4. The fourth-order valence-corrected chi connectivity index (χ4v) is 3.52. The minimum atomic E-state index is -0.665. The maximum Gasteiger partial charge on any atom is 0.220 e. The van der Waals surface area contributed by atoms with Crippen molar-refractivity contribution in [2.75, 3.05) is 6.61 Å². The molecule has 1 amide bonds. The Balaban J connectivity index is 3.68. The Morgan fingerprint density at radius 1 is 0.758 bits per heavy atom. The SMILES string of the molecule is CC/C=C\C/C=C\C/C=C\C/C=C\CCCCCCC(=O)NC(CO)C(O)CCCCCC. The van der Waals surface area contributed by atoms with Crippen LogP contribution >= 0.6 is 0 Å². The minimum absolute atomic E-state index is 0.0689. The zero-order chi connectivity index (χ0) is 24.4. The van der Waals surface area contributed by atoms with Crippen LogP contribution in [0, 0.1) is 0 Å². The Hall–Kier alpha value is -1.65.